The lowest BCUT2D eigenvalue weighted by atomic mass is 10.2. The predicted octanol–water partition coefficient (Wildman–Crippen LogP) is 1.10. The molecule has 1 atom stereocenters. The highest BCUT2D eigenvalue weighted by Crippen LogP contribution is 2.19. The topological polar surface area (TPSA) is 52.5 Å². The molecule has 5 nitrogen and oxygen atoms in total. The fourth-order valence-electron chi connectivity index (χ4n) is 2.52. The van der Waals surface area contributed by atoms with Gasteiger partial charge >= 0.3 is 0 Å². The molecule has 0 spiro atoms. The minimum atomic E-state index is 0.234. The van der Waals surface area contributed by atoms with Crippen molar-refractivity contribution in [1.29, 1.82) is 0 Å². The van der Waals surface area contributed by atoms with Gasteiger partial charge in [0, 0.05) is 44.3 Å². The number of nitrogens with zero attached hydrogens (tertiary/aromatic N) is 4. The second kappa shape index (κ2) is 6.30. The summed E-state index contributed by atoms with van der Waals surface area (Å²) in [7, 11) is 0. The first-order valence-electron chi connectivity index (χ1n) is 7.04. The van der Waals surface area contributed by atoms with Crippen molar-refractivity contribution in [3.8, 4) is 0 Å². The van der Waals surface area contributed by atoms with E-state index in [1.165, 1.54) is 0 Å². The molecule has 106 valence electrons. The predicted molar refractivity (Wildman–Crippen MR) is 76.5 cm³/mol. The Labute approximate surface area is 115 Å². The van der Waals surface area contributed by atoms with Crippen LogP contribution in [0.5, 0.6) is 0 Å². The van der Waals surface area contributed by atoms with Gasteiger partial charge in [0.05, 0.1) is 6.61 Å². The smallest absolute Gasteiger partial charge is 0.133 e. The summed E-state index contributed by atoms with van der Waals surface area (Å²) in [6.07, 6.45) is 1.85. The van der Waals surface area contributed by atoms with Crippen molar-refractivity contribution in [3.05, 3.63) is 18.1 Å². The molecular weight excluding hydrogens is 240 g/mol. The molecule has 2 heterocycles. The number of aliphatic hydroxyl groups excluding tert-OH is 1. The zero-order chi connectivity index (χ0) is 13.8. The second-order valence-corrected chi connectivity index (χ2v) is 5.49. The van der Waals surface area contributed by atoms with Gasteiger partial charge in [-0.15, -0.1) is 0 Å². The van der Waals surface area contributed by atoms with Gasteiger partial charge in [-0.2, -0.15) is 0 Å². The number of hydrogen-bond acceptors (Lipinski definition) is 5. The Balaban J connectivity index is 2.08. The lowest BCUT2D eigenvalue weighted by Crippen LogP contribution is -2.52. The van der Waals surface area contributed by atoms with E-state index in [1.54, 1.807) is 0 Å². The number of piperazine rings is 1. The van der Waals surface area contributed by atoms with Crippen molar-refractivity contribution >= 4 is 5.82 Å². The van der Waals surface area contributed by atoms with Gasteiger partial charge in [-0.25, -0.2) is 9.97 Å². The monoisotopic (exact) mass is 264 g/mol. The van der Waals surface area contributed by atoms with Gasteiger partial charge in [0.2, 0.25) is 0 Å². The van der Waals surface area contributed by atoms with Crippen LogP contribution in [0, 0.1) is 0 Å². The maximum atomic E-state index is 9.01. The number of aliphatic hydroxyl groups is 1. The van der Waals surface area contributed by atoms with E-state index in [-0.39, 0.29) is 6.61 Å². The molecule has 1 aliphatic heterocycles. The van der Waals surface area contributed by atoms with Crippen LogP contribution in [0.1, 0.15) is 32.5 Å². The van der Waals surface area contributed by atoms with Crippen LogP contribution in [0.4, 0.5) is 5.82 Å². The first-order chi connectivity index (χ1) is 9.11. The fraction of sp³-hybridized carbons (Fsp3) is 0.714. The van der Waals surface area contributed by atoms with Crippen LogP contribution in [-0.2, 0) is 0 Å². The summed E-state index contributed by atoms with van der Waals surface area (Å²) in [5.74, 6) is 2.28. The molecule has 5 heteroatoms. The molecule has 1 aromatic heterocycles. The van der Waals surface area contributed by atoms with Crippen LogP contribution in [-0.4, -0.2) is 58.8 Å². The van der Waals surface area contributed by atoms with Crippen molar-refractivity contribution in [3.63, 3.8) is 0 Å². The van der Waals surface area contributed by atoms with Crippen LogP contribution < -0.4 is 4.90 Å². The molecule has 1 saturated heterocycles. The minimum Gasteiger partial charge on any atom is -0.395 e. The molecule has 1 aliphatic rings. The van der Waals surface area contributed by atoms with E-state index in [0.29, 0.717) is 12.0 Å². The average molecular weight is 264 g/mol. The average Bonchev–Trinajstić information content (AvgIpc) is 2.39. The highest BCUT2D eigenvalue weighted by molar-refractivity contribution is 5.39. The molecule has 0 bridgehead atoms. The van der Waals surface area contributed by atoms with E-state index in [0.717, 1.165) is 37.8 Å². The number of hydrogen-bond donors (Lipinski definition) is 1. The lowest BCUT2D eigenvalue weighted by molar-refractivity contribution is 0.173. The van der Waals surface area contributed by atoms with Gasteiger partial charge in [-0.3, -0.25) is 4.90 Å². The van der Waals surface area contributed by atoms with Crippen molar-refractivity contribution in [2.24, 2.45) is 0 Å². The summed E-state index contributed by atoms with van der Waals surface area (Å²) in [5.41, 5.74) is 0. The third-order valence-electron chi connectivity index (χ3n) is 3.60. The van der Waals surface area contributed by atoms with Crippen LogP contribution in [0.15, 0.2) is 12.3 Å². The zero-order valence-electron chi connectivity index (χ0n) is 12.1. The van der Waals surface area contributed by atoms with Crippen molar-refractivity contribution in [1.82, 2.24) is 14.9 Å². The van der Waals surface area contributed by atoms with Gasteiger partial charge in [0.15, 0.2) is 0 Å². The number of aromatic nitrogens is 2. The standard InChI is InChI=1S/C14H24N4O/c1-11(2)14-15-5-4-13(16-14)18-7-6-17(8-9-19)10-12(18)3/h4-5,11-12,19H,6-10H2,1-3H3. The van der Waals surface area contributed by atoms with E-state index in [1.807, 2.05) is 12.3 Å². The maximum Gasteiger partial charge on any atom is 0.133 e. The van der Waals surface area contributed by atoms with Crippen LogP contribution in [0.25, 0.3) is 0 Å². The lowest BCUT2D eigenvalue weighted by Gasteiger charge is -2.40. The van der Waals surface area contributed by atoms with E-state index in [4.69, 9.17) is 5.11 Å². The number of β-amino-alcohol motifs (C(OH)–C–C–N with tert-alkyl or cyclic N) is 1. The Hall–Kier alpha value is -1.20. The minimum absolute atomic E-state index is 0.234. The largest absolute Gasteiger partial charge is 0.395 e. The van der Waals surface area contributed by atoms with Gasteiger partial charge in [-0.05, 0) is 13.0 Å². The van der Waals surface area contributed by atoms with Gasteiger partial charge in [0.25, 0.3) is 0 Å². The Morgan fingerprint density at radius 3 is 2.84 bits per heavy atom. The molecule has 0 amide bonds. The fourth-order valence-corrected chi connectivity index (χ4v) is 2.52. The Kier molecular flexibility index (Phi) is 4.71. The molecule has 1 unspecified atom stereocenters. The molecule has 0 radical (unpaired) electrons. The van der Waals surface area contributed by atoms with E-state index in [2.05, 4.69) is 40.5 Å². The molecule has 1 N–H and O–H groups in total. The molecule has 19 heavy (non-hydrogen) atoms. The Morgan fingerprint density at radius 2 is 2.21 bits per heavy atom. The molecule has 1 aromatic rings. The molecule has 0 saturated carbocycles. The van der Waals surface area contributed by atoms with Crippen LogP contribution in [0.2, 0.25) is 0 Å². The summed E-state index contributed by atoms with van der Waals surface area (Å²) < 4.78 is 0. The van der Waals surface area contributed by atoms with Crippen LogP contribution >= 0.6 is 0 Å². The Bertz CT molecular complexity index is 410. The summed E-state index contributed by atoms with van der Waals surface area (Å²) in [6.45, 7) is 10.3. The molecule has 0 aliphatic carbocycles. The molecule has 1 fully saturated rings. The number of rotatable bonds is 4. The summed E-state index contributed by atoms with van der Waals surface area (Å²) >= 11 is 0. The summed E-state index contributed by atoms with van der Waals surface area (Å²) in [4.78, 5) is 13.6. The van der Waals surface area contributed by atoms with Crippen molar-refractivity contribution < 1.29 is 5.11 Å². The maximum absolute atomic E-state index is 9.01. The summed E-state index contributed by atoms with van der Waals surface area (Å²) in [5, 5.41) is 9.01. The van der Waals surface area contributed by atoms with Gasteiger partial charge in [0.1, 0.15) is 11.6 Å². The van der Waals surface area contributed by atoms with E-state index < -0.39 is 0 Å². The Morgan fingerprint density at radius 1 is 1.42 bits per heavy atom. The van der Waals surface area contributed by atoms with Crippen molar-refractivity contribution in [2.75, 3.05) is 37.7 Å². The highest BCUT2D eigenvalue weighted by atomic mass is 16.3. The molecule has 2 rings (SSSR count). The first kappa shape index (κ1) is 14.2. The highest BCUT2D eigenvalue weighted by Gasteiger charge is 2.24. The van der Waals surface area contributed by atoms with Crippen LogP contribution in [0.3, 0.4) is 0 Å². The van der Waals surface area contributed by atoms with Gasteiger partial charge < -0.3 is 10.0 Å². The number of anilines is 1. The third-order valence-corrected chi connectivity index (χ3v) is 3.60. The quantitative estimate of drug-likeness (QED) is 0.882. The SMILES string of the molecule is CC(C)c1nccc(N2CCN(CCO)CC2C)n1. The third kappa shape index (κ3) is 3.42. The van der Waals surface area contributed by atoms with E-state index in [9.17, 15) is 0 Å². The van der Waals surface area contributed by atoms with E-state index >= 15 is 0 Å². The van der Waals surface area contributed by atoms with Crippen molar-refractivity contribution in [2.45, 2.75) is 32.7 Å². The second-order valence-electron chi connectivity index (χ2n) is 5.49. The first-order valence-corrected chi connectivity index (χ1v) is 7.04. The normalized spacial score (nSPS) is 21.1. The molecule has 0 aromatic carbocycles. The van der Waals surface area contributed by atoms with Gasteiger partial charge in [-0.1, -0.05) is 13.8 Å². The summed E-state index contributed by atoms with van der Waals surface area (Å²) in [6, 6.07) is 2.40. The molecular formula is C14H24N4O. The zero-order valence-corrected chi connectivity index (χ0v) is 12.1.